The molecular formula is C23H20ClN7O. The number of halogens is 1. The molecule has 0 aliphatic carbocycles. The first-order valence-corrected chi connectivity index (χ1v) is 10.5. The lowest BCUT2D eigenvalue weighted by atomic mass is 10.1. The van der Waals surface area contributed by atoms with Crippen LogP contribution >= 0.6 is 11.6 Å². The highest BCUT2D eigenvalue weighted by Gasteiger charge is 2.18. The van der Waals surface area contributed by atoms with Crippen LogP contribution in [0.15, 0.2) is 53.6 Å². The molecule has 0 radical (unpaired) electrons. The van der Waals surface area contributed by atoms with E-state index in [0.29, 0.717) is 45.1 Å². The van der Waals surface area contributed by atoms with Gasteiger partial charge in [0, 0.05) is 5.02 Å². The molecule has 0 aliphatic heterocycles. The first-order valence-electron chi connectivity index (χ1n) is 10.1. The number of aromatic nitrogens is 6. The number of nitrogens with zero attached hydrogens (tertiary/aromatic N) is 6. The second-order valence-electron chi connectivity index (χ2n) is 7.68. The zero-order chi connectivity index (χ0) is 22.4. The fourth-order valence-corrected chi connectivity index (χ4v) is 4.21. The van der Waals surface area contributed by atoms with E-state index in [9.17, 15) is 4.79 Å². The molecule has 5 rings (SSSR count). The minimum absolute atomic E-state index is 0.120. The summed E-state index contributed by atoms with van der Waals surface area (Å²) in [4.78, 5) is 26.9. The molecule has 0 saturated heterocycles. The van der Waals surface area contributed by atoms with Crippen molar-refractivity contribution in [2.75, 3.05) is 5.73 Å². The maximum absolute atomic E-state index is 13.6. The highest BCUT2D eigenvalue weighted by atomic mass is 35.5. The molecule has 0 bridgehead atoms. The van der Waals surface area contributed by atoms with E-state index in [0.717, 1.165) is 16.8 Å². The Morgan fingerprint density at radius 3 is 2.62 bits per heavy atom. The topological polar surface area (TPSA) is 105 Å². The number of fused-ring (bicyclic) bond motifs is 2. The standard InChI is InChI=1S/C23H20ClN7O/c1-13-6-5-9-17-19(13)23(32)30(10-15-7-3-4-8-16(15)24)18(28-17)11-31-22-20(14(2)29-31)21(25)26-12-27-22/h3-9,12H,10-11H2,1-2H3,(H2,25,26,27). The van der Waals surface area contributed by atoms with Crippen LogP contribution < -0.4 is 11.3 Å². The molecule has 0 fully saturated rings. The lowest BCUT2D eigenvalue weighted by molar-refractivity contribution is 0.601. The number of anilines is 1. The first kappa shape index (κ1) is 20.1. The monoisotopic (exact) mass is 445 g/mol. The molecule has 32 heavy (non-hydrogen) atoms. The second kappa shape index (κ2) is 7.72. The van der Waals surface area contributed by atoms with Crippen molar-refractivity contribution in [3.8, 4) is 0 Å². The number of nitrogens with two attached hydrogens (primary N) is 1. The quantitative estimate of drug-likeness (QED) is 0.454. The van der Waals surface area contributed by atoms with Crippen molar-refractivity contribution in [2.24, 2.45) is 0 Å². The fourth-order valence-electron chi connectivity index (χ4n) is 4.01. The molecule has 0 spiro atoms. The molecule has 0 atom stereocenters. The van der Waals surface area contributed by atoms with Crippen LogP contribution in [0.4, 0.5) is 5.82 Å². The van der Waals surface area contributed by atoms with Crippen molar-refractivity contribution < 1.29 is 0 Å². The number of aryl methyl sites for hydroxylation is 2. The van der Waals surface area contributed by atoms with Gasteiger partial charge in [0.05, 0.1) is 28.5 Å². The summed E-state index contributed by atoms with van der Waals surface area (Å²) in [5.41, 5.74) is 9.58. The summed E-state index contributed by atoms with van der Waals surface area (Å²) in [5.74, 6) is 0.920. The molecule has 8 nitrogen and oxygen atoms in total. The number of nitrogen functional groups attached to an aromatic ring is 1. The lowest BCUT2D eigenvalue weighted by Gasteiger charge is -2.15. The van der Waals surface area contributed by atoms with Crippen LogP contribution in [-0.4, -0.2) is 29.3 Å². The summed E-state index contributed by atoms with van der Waals surface area (Å²) < 4.78 is 3.36. The molecule has 2 N–H and O–H groups in total. The maximum Gasteiger partial charge on any atom is 0.262 e. The molecule has 160 valence electrons. The van der Waals surface area contributed by atoms with E-state index in [1.165, 1.54) is 6.33 Å². The third kappa shape index (κ3) is 3.29. The van der Waals surface area contributed by atoms with E-state index in [-0.39, 0.29) is 12.1 Å². The van der Waals surface area contributed by atoms with E-state index >= 15 is 0 Å². The van der Waals surface area contributed by atoms with Crippen LogP contribution in [-0.2, 0) is 13.1 Å². The third-order valence-electron chi connectivity index (χ3n) is 5.58. The minimum Gasteiger partial charge on any atom is -0.383 e. The normalized spacial score (nSPS) is 11.5. The Hall–Kier alpha value is -3.78. The van der Waals surface area contributed by atoms with Crippen LogP contribution in [0.25, 0.3) is 21.9 Å². The summed E-state index contributed by atoms with van der Waals surface area (Å²) in [6.07, 6.45) is 1.41. The average Bonchev–Trinajstić information content (AvgIpc) is 3.08. The molecule has 0 amide bonds. The number of hydrogen-bond donors (Lipinski definition) is 1. The smallest absolute Gasteiger partial charge is 0.262 e. The second-order valence-corrected chi connectivity index (χ2v) is 8.09. The van der Waals surface area contributed by atoms with E-state index in [4.69, 9.17) is 22.3 Å². The molecule has 0 aliphatic rings. The zero-order valence-electron chi connectivity index (χ0n) is 17.6. The Balaban J connectivity index is 1.73. The highest BCUT2D eigenvalue weighted by molar-refractivity contribution is 6.31. The molecular weight excluding hydrogens is 426 g/mol. The zero-order valence-corrected chi connectivity index (χ0v) is 18.3. The molecule has 0 unspecified atom stereocenters. The van der Waals surface area contributed by atoms with Crippen molar-refractivity contribution in [3.05, 3.63) is 86.8 Å². The van der Waals surface area contributed by atoms with E-state index in [2.05, 4.69) is 15.1 Å². The Kier molecular flexibility index (Phi) is 4.86. The predicted octanol–water partition coefficient (Wildman–Crippen LogP) is 3.49. The van der Waals surface area contributed by atoms with E-state index in [1.54, 1.807) is 9.25 Å². The van der Waals surface area contributed by atoms with Gasteiger partial charge >= 0.3 is 0 Å². The van der Waals surface area contributed by atoms with Crippen LogP contribution in [0, 0.1) is 13.8 Å². The van der Waals surface area contributed by atoms with Crippen molar-refractivity contribution in [1.82, 2.24) is 29.3 Å². The molecule has 0 saturated carbocycles. The Bertz CT molecular complexity index is 1550. The Morgan fingerprint density at radius 2 is 1.81 bits per heavy atom. The van der Waals surface area contributed by atoms with Gasteiger partial charge in [0.25, 0.3) is 5.56 Å². The van der Waals surface area contributed by atoms with Gasteiger partial charge in [-0.3, -0.25) is 9.36 Å². The highest BCUT2D eigenvalue weighted by Crippen LogP contribution is 2.22. The van der Waals surface area contributed by atoms with Gasteiger partial charge in [-0.15, -0.1) is 0 Å². The average molecular weight is 446 g/mol. The Morgan fingerprint density at radius 1 is 1.00 bits per heavy atom. The van der Waals surface area contributed by atoms with Gasteiger partial charge in [-0.05, 0) is 37.1 Å². The molecule has 3 aromatic heterocycles. The maximum atomic E-state index is 13.6. The van der Waals surface area contributed by atoms with Gasteiger partial charge in [-0.1, -0.05) is 41.9 Å². The fraction of sp³-hybridized carbons (Fsp3) is 0.174. The summed E-state index contributed by atoms with van der Waals surface area (Å²) >= 11 is 6.40. The SMILES string of the molecule is Cc1nn(Cc2nc3cccc(C)c3c(=O)n2Cc2ccccc2Cl)c2ncnc(N)c12. The number of rotatable bonds is 4. The van der Waals surface area contributed by atoms with Crippen molar-refractivity contribution in [1.29, 1.82) is 0 Å². The van der Waals surface area contributed by atoms with Crippen LogP contribution in [0.1, 0.15) is 22.6 Å². The molecule has 9 heteroatoms. The van der Waals surface area contributed by atoms with Gasteiger partial charge in [0.2, 0.25) is 0 Å². The third-order valence-corrected chi connectivity index (χ3v) is 5.95. The van der Waals surface area contributed by atoms with Crippen LogP contribution in [0.3, 0.4) is 0 Å². The van der Waals surface area contributed by atoms with Crippen molar-refractivity contribution >= 4 is 39.4 Å². The van der Waals surface area contributed by atoms with Crippen molar-refractivity contribution in [3.63, 3.8) is 0 Å². The number of hydrogen-bond acceptors (Lipinski definition) is 6. The summed E-state index contributed by atoms with van der Waals surface area (Å²) in [7, 11) is 0. The summed E-state index contributed by atoms with van der Waals surface area (Å²) in [6, 6.07) is 13.1. The van der Waals surface area contributed by atoms with Crippen molar-refractivity contribution in [2.45, 2.75) is 26.9 Å². The lowest BCUT2D eigenvalue weighted by Crippen LogP contribution is -2.28. The largest absolute Gasteiger partial charge is 0.383 e. The van der Waals surface area contributed by atoms with Gasteiger partial charge < -0.3 is 5.73 Å². The van der Waals surface area contributed by atoms with Gasteiger partial charge in [0.1, 0.15) is 24.5 Å². The molecule has 3 heterocycles. The van der Waals surface area contributed by atoms with E-state index in [1.807, 2.05) is 56.3 Å². The van der Waals surface area contributed by atoms with Crippen LogP contribution in [0.5, 0.6) is 0 Å². The first-order chi connectivity index (χ1) is 15.4. The molecule has 2 aromatic carbocycles. The minimum atomic E-state index is -0.120. The Labute approximate surface area is 188 Å². The van der Waals surface area contributed by atoms with Gasteiger partial charge in [-0.25, -0.2) is 19.6 Å². The van der Waals surface area contributed by atoms with E-state index < -0.39 is 0 Å². The van der Waals surface area contributed by atoms with Gasteiger partial charge in [0.15, 0.2) is 5.65 Å². The molecule has 5 aromatic rings. The van der Waals surface area contributed by atoms with Gasteiger partial charge in [-0.2, -0.15) is 5.10 Å². The summed E-state index contributed by atoms with van der Waals surface area (Å²) in [6.45, 7) is 4.30. The predicted molar refractivity (Wildman–Crippen MR) is 125 cm³/mol. The number of benzene rings is 2. The summed E-state index contributed by atoms with van der Waals surface area (Å²) in [5, 5.41) is 6.48. The van der Waals surface area contributed by atoms with Crippen LogP contribution in [0.2, 0.25) is 5.02 Å².